The van der Waals surface area contributed by atoms with Crippen LogP contribution in [0.4, 0.5) is 0 Å². The number of aromatic amines is 1. The minimum Gasteiger partial charge on any atom is -0.364 e. The van der Waals surface area contributed by atoms with Gasteiger partial charge < -0.3 is 20.8 Å². The zero-order valence-corrected chi connectivity index (χ0v) is 14.3. The number of imidazole rings is 1. The molecule has 2 aromatic rings. The Hall–Kier alpha value is -1.34. The van der Waals surface area contributed by atoms with Crippen LogP contribution in [0.2, 0.25) is 0 Å². The number of H-pyrrole nitrogens is 1. The van der Waals surface area contributed by atoms with E-state index in [9.17, 15) is 4.79 Å². The predicted octanol–water partition coefficient (Wildman–Crippen LogP) is 1.57. The van der Waals surface area contributed by atoms with Crippen LogP contribution in [-0.4, -0.2) is 41.2 Å². The summed E-state index contributed by atoms with van der Waals surface area (Å²) in [7, 11) is 0. The van der Waals surface area contributed by atoms with Crippen LogP contribution in [-0.2, 0) is 16.0 Å². The number of aromatic nitrogens is 2. The summed E-state index contributed by atoms with van der Waals surface area (Å²) in [6.07, 6.45) is 1.95. The molecule has 0 bridgehead atoms. The molecule has 1 aromatic heterocycles. The van der Waals surface area contributed by atoms with E-state index >= 15 is 0 Å². The van der Waals surface area contributed by atoms with Crippen LogP contribution in [0.1, 0.15) is 18.7 Å². The Labute approximate surface area is 147 Å². The molecule has 6 nitrogen and oxygen atoms in total. The van der Waals surface area contributed by atoms with Gasteiger partial charge in [0.25, 0.3) is 0 Å². The molecular formula is C15H22Cl2N4O2. The Morgan fingerprint density at radius 1 is 1.35 bits per heavy atom. The lowest BCUT2D eigenvalue weighted by molar-refractivity contribution is -0.131. The zero-order valence-electron chi connectivity index (χ0n) is 12.7. The zero-order chi connectivity index (χ0) is 14.7. The number of halogens is 2. The molecule has 2 atom stereocenters. The molecule has 0 saturated carbocycles. The fraction of sp³-hybridized carbons (Fsp3) is 0.467. The van der Waals surface area contributed by atoms with Crippen molar-refractivity contribution in [2.75, 3.05) is 13.1 Å². The summed E-state index contributed by atoms with van der Waals surface area (Å²) >= 11 is 0. The van der Waals surface area contributed by atoms with Crippen molar-refractivity contribution in [1.82, 2.24) is 15.3 Å². The number of hydrogen-bond acceptors (Lipinski definition) is 4. The van der Waals surface area contributed by atoms with E-state index in [2.05, 4.69) is 15.3 Å². The average molecular weight is 361 g/mol. The van der Waals surface area contributed by atoms with Gasteiger partial charge in [-0.25, -0.2) is 4.98 Å². The van der Waals surface area contributed by atoms with Crippen molar-refractivity contribution in [1.29, 1.82) is 0 Å². The Bertz CT molecular complexity index is 602. The summed E-state index contributed by atoms with van der Waals surface area (Å²) in [5.74, 6) is 0.825. The van der Waals surface area contributed by atoms with Crippen molar-refractivity contribution in [2.45, 2.75) is 31.5 Å². The first kappa shape index (κ1) is 19.7. The largest absolute Gasteiger partial charge is 0.364 e. The van der Waals surface area contributed by atoms with E-state index in [1.807, 2.05) is 24.3 Å². The van der Waals surface area contributed by atoms with Gasteiger partial charge in [0.05, 0.1) is 17.1 Å². The number of carbonyl (C=O) groups is 1. The predicted molar refractivity (Wildman–Crippen MR) is 94.3 cm³/mol. The van der Waals surface area contributed by atoms with Crippen molar-refractivity contribution in [3.05, 3.63) is 30.1 Å². The molecule has 23 heavy (non-hydrogen) atoms. The lowest BCUT2D eigenvalue weighted by atomic mass is 10.2. The molecular weight excluding hydrogens is 339 g/mol. The summed E-state index contributed by atoms with van der Waals surface area (Å²) in [4.78, 5) is 19.7. The molecule has 1 saturated heterocycles. The van der Waals surface area contributed by atoms with E-state index < -0.39 is 0 Å². The van der Waals surface area contributed by atoms with Crippen LogP contribution in [0.3, 0.4) is 0 Å². The fourth-order valence-electron chi connectivity index (χ4n) is 2.61. The number of carbonyl (C=O) groups excluding carboxylic acids is 1. The van der Waals surface area contributed by atoms with Crippen molar-refractivity contribution < 1.29 is 9.53 Å². The van der Waals surface area contributed by atoms with E-state index in [0.29, 0.717) is 19.5 Å². The highest BCUT2D eigenvalue weighted by Crippen LogP contribution is 2.18. The highest BCUT2D eigenvalue weighted by molar-refractivity contribution is 5.85. The quantitative estimate of drug-likeness (QED) is 0.754. The number of benzene rings is 1. The smallest absolute Gasteiger partial charge is 0.249 e. The molecule has 3 rings (SSSR count). The van der Waals surface area contributed by atoms with Gasteiger partial charge in [-0.2, -0.15) is 0 Å². The normalized spacial score (nSPS) is 19.9. The maximum Gasteiger partial charge on any atom is 0.249 e. The molecule has 1 aliphatic rings. The number of amides is 1. The van der Waals surface area contributed by atoms with E-state index in [0.717, 1.165) is 29.7 Å². The summed E-state index contributed by atoms with van der Waals surface area (Å²) in [6.45, 7) is 1.02. The van der Waals surface area contributed by atoms with Crippen molar-refractivity contribution in [3.8, 4) is 0 Å². The minimum atomic E-state index is -0.353. The third-order valence-corrected chi connectivity index (χ3v) is 3.76. The number of nitrogens with one attached hydrogen (secondary N) is 2. The highest BCUT2D eigenvalue weighted by atomic mass is 35.5. The third-order valence-electron chi connectivity index (χ3n) is 3.76. The molecule has 0 radical (unpaired) electrons. The van der Waals surface area contributed by atoms with E-state index in [1.165, 1.54) is 0 Å². The van der Waals surface area contributed by atoms with Crippen LogP contribution >= 0.6 is 24.8 Å². The lowest BCUT2D eigenvalue weighted by Gasteiger charge is -2.12. The second-order valence-corrected chi connectivity index (χ2v) is 5.30. The highest BCUT2D eigenvalue weighted by Gasteiger charge is 2.29. The third kappa shape index (κ3) is 4.81. The maximum absolute atomic E-state index is 12.0. The molecule has 0 aliphatic carbocycles. The molecule has 1 aromatic carbocycles. The Balaban J connectivity index is 0.00000132. The topological polar surface area (TPSA) is 93.0 Å². The van der Waals surface area contributed by atoms with Crippen LogP contribution in [0.25, 0.3) is 11.0 Å². The number of rotatable bonds is 5. The van der Waals surface area contributed by atoms with Gasteiger partial charge >= 0.3 is 0 Å². The summed E-state index contributed by atoms with van der Waals surface area (Å²) in [6, 6.07) is 7.88. The molecule has 1 amide bonds. The first-order valence-electron chi connectivity index (χ1n) is 7.33. The van der Waals surface area contributed by atoms with Gasteiger partial charge in [0, 0.05) is 19.5 Å². The van der Waals surface area contributed by atoms with E-state index in [4.69, 9.17) is 10.5 Å². The molecule has 1 aliphatic heterocycles. The van der Waals surface area contributed by atoms with Crippen LogP contribution in [0.5, 0.6) is 0 Å². The number of fused-ring (bicyclic) bond motifs is 1. The molecule has 4 N–H and O–H groups in total. The fourth-order valence-corrected chi connectivity index (χ4v) is 2.61. The van der Waals surface area contributed by atoms with Gasteiger partial charge in [-0.3, -0.25) is 4.79 Å². The van der Waals surface area contributed by atoms with Crippen LogP contribution in [0, 0.1) is 0 Å². The molecule has 2 heterocycles. The Kier molecular flexibility index (Phi) is 7.78. The summed E-state index contributed by atoms with van der Waals surface area (Å²) < 4.78 is 5.56. The van der Waals surface area contributed by atoms with Crippen LogP contribution < -0.4 is 11.1 Å². The van der Waals surface area contributed by atoms with Crippen molar-refractivity contribution in [2.24, 2.45) is 5.73 Å². The number of nitrogens with zero attached hydrogens (tertiary/aromatic N) is 1. The number of hydrogen-bond donors (Lipinski definition) is 3. The van der Waals surface area contributed by atoms with Gasteiger partial charge in [0.1, 0.15) is 11.9 Å². The van der Waals surface area contributed by atoms with Gasteiger partial charge in [0.2, 0.25) is 5.91 Å². The molecule has 1 fully saturated rings. The molecule has 8 heteroatoms. The molecule has 0 spiro atoms. The Morgan fingerprint density at radius 3 is 2.83 bits per heavy atom. The van der Waals surface area contributed by atoms with Gasteiger partial charge in [-0.1, -0.05) is 12.1 Å². The Morgan fingerprint density at radius 2 is 2.13 bits per heavy atom. The first-order valence-corrected chi connectivity index (χ1v) is 7.33. The van der Waals surface area contributed by atoms with Crippen molar-refractivity contribution >= 4 is 41.8 Å². The van der Waals surface area contributed by atoms with Crippen LogP contribution in [0.15, 0.2) is 24.3 Å². The molecule has 0 unspecified atom stereocenters. The maximum atomic E-state index is 12.0. The monoisotopic (exact) mass is 360 g/mol. The molecule has 128 valence electrons. The standard InChI is InChI=1S/C15H20N4O2.2ClH/c16-9-10-5-6-13(21-10)15(20)17-8-7-14-18-11-3-1-2-4-12(11)19-14;;/h1-4,10,13H,5-9,16H2,(H,17,20)(H,18,19);2*1H/t10-,13+;;/m1../s1. The first-order chi connectivity index (χ1) is 10.3. The van der Waals surface area contributed by atoms with E-state index in [1.54, 1.807) is 0 Å². The van der Waals surface area contributed by atoms with Gasteiger partial charge in [0.15, 0.2) is 0 Å². The van der Waals surface area contributed by atoms with Gasteiger partial charge in [-0.05, 0) is 25.0 Å². The summed E-state index contributed by atoms with van der Waals surface area (Å²) in [5, 5.41) is 2.90. The second kappa shape index (κ2) is 9.08. The van der Waals surface area contributed by atoms with Crippen molar-refractivity contribution in [3.63, 3.8) is 0 Å². The SMILES string of the molecule is Cl.Cl.NC[C@H]1CC[C@@H](C(=O)NCCc2nc3ccccc3[nH]2)O1. The minimum absolute atomic E-state index is 0. The number of nitrogens with two attached hydrogens (primary N) is 1. The number of ether oxygens (including phenoxy) is 1. The average Bonchev–Trinajstić information content (AvgIpc) is 3.13. The number of para-hydroxylation sites is 2. The lowest BCUT2D eigenvalue weighted by Crippen LogP contribution is -2.36. The summed E-state index contributed by atoms with van der Waals surface area (Å²) in [5.41, 5.74) is 7.51. The van der Waals surface area contributed by atoms with Gasteiger partial charge in [-0.15, -0.1) is 24.8 Å². The second-order valence-electron chi connectivity index (χ2n) is 5.30. The van der Waals surface area contributed by atoms with E-state index in [-0.39, 0.29) is 42.9 Å².